The molecule has 1 saturated carbocycles. The molecule has 1 aromatic carbocycles. The van der Waals surface area contributed by atoms with Crippen molar-refractivity contribution in [3.63, 3.8) is 0 Å². The lowest BCUT2D eigenvalue weighted by atomic mass is 9.71. The van der Waals surface area contributed by atoms with E-state index in [0.29, 0.717) is 18.2 Å². The van der Waals surface area contributed by atoms with Crippen molar-refractivity contribution in [1.82, 2.24) is 4.90 Å². The number of hydrogen-bond acceptors (Lipinski definition) is 4. The van der Waals surface area contributed by atoms with Gasteiger partial charge in [-0.25, -0.2) is 0 Å². The third kappa shape index (κ3) is 4.45. The van der Waals surface area contributed by atoms with Crippen LogP contribution in [-0.2, 0) is 0 Å². The van der Waals surface area contributed by atoms with E-state index in [2.05, 4.69) is 29.6 Å². The van der Waals surface area contributed by atoms with E-state index in [1.54, 1.807) is 12.1 Å². The molecule has 3 rings (SSSR count). The second-order valence-corrected chi connectivity index (χ2v) is 8.18. The van der Waals surface area contributed by atoms with Crippen LogP contribution in [0.25, 0.3) is 0 Å². The maximum absolute atomic E-state index is 12.2. The molecule has 1 heterocycles. The van der Waals surface area contributed by atoms with Gasteiger partial charge in [0.2, 0.25) is 0 Å². The first kappa shape index (κ1) is 18.9. The summed E-state index contributed by atoms with van der Waals surface area (Å²) in [5.41, 5.74) is -0.0730. The van der Waals surface area contributed by atoms with E-state index in [0.717, 1.165) is 38.8 Å². The monoisotopic (exact) mass is 364 g/mol. The zero-order valence-electron chi connectivity index (χ0n) is 15.4. The Hall–Kier alpha value is -1.87. The summed E-state index contributed by atoms with van der Waals surface area (Å²) in [5.74, 6) is 0.800. The Balaban J connectivity index is 1.47. The van der Waals surface area contributed by atoms with Crippen LogP contribution in [-0.4, -0.2) is 36.2 Å². The second kappa shape index (κ2) is 7.40. The van der Waals surface area contributed by atoms with Gasteiger partial charge in [0.05, 0.1) is 6.07 Å². The SMILES string of the molecule is CC1(CC#N)CCC(N2CC(C)(Oc3ccc(OC(F)F)cc3)C2)CC1. The quantitative estimate of drug-likeness (QED) is 0.740. The number of benzene rings is 1. The molecule has 0 atom stereocenters. The average molecular weight is 364 g/mol. The van der Waals surface area contributed by atoms with Crippen LogP contribution >= 0.6 is 0 Å². The van der Waals surface area contributed by atoms with Crippen LogP contribution in [0.5, 0.6) is 11.5 Å². The zero-order valence-corrected chi connectivity index (χ0v) is 15.4. The van der Waals surface area contributed by atoms with Crippen molar-refractivity contribution in [1.29, 1.82) is 5.26 Å². The lowest BCUT2D eigenvalue weighted by molar-refractivity contribution is -0.0947. The molecule has 1 aliphatic carbocycles. The van der Waals surface area contributed by atoms with E-state index in [-0.39, 0.29) is 16.8 Å². The topological polar surface area (TPSA) is 45.5 Å². The summed E-state index contributed by atoms with van der Waals surface area (Å²) < 4.78 is 34.8. The van der Waals surface area contributed by atoms with Crippen LogP contribution in [0.15, 0.2) is 24.3 Å². The van der Waals surface area contributed by atoms with Crippen LogP contribution in [0, 0.1) is 16.7 Å². The number of halogens is 2. The molecule has 0 unspecified atom stereocenters. The Labute approximate surface area is 153 Å². The minimum absolute atomic E-state index is 0.135. The molecule has 2 aliphatic rings. The number of alkyl halides is 2. The third-order valence-corrected chi connectivity index (χ3v) is 5.67. The van der Waals surface area contributed by atoms with E-state index in [1.165, 1.54) is 12.1 Å². The molecule has 0 spiro atoms. The normalized spacial score (nSPS) is 28.2. The number of nitrogens with zero attached hydrogens (tertiary/aromatic N) is 2. The molecule has 0 bridgehead atoms. The van der Waals surface area contributed by atoms with E-state index < -0.39 is 6.61 Å². The largest absolute Gasteiger partial charge is 0.485 e. The van der Waals surface area contributed by atoms with Gasteiger partial charge in [-0.1, -0.05) is 6.92 Å². The van der Waals surface area contributed by atoms with Crippen molar-refractivity contribution < 1.29 is 18.3 Å². The van der Waals surface area contributed by atoms with E-state index in [1.807, 2.05) is 0 Å². The molecule has 142 valence electrons. The minimum atomic E-state index is -2.81. The van der Waals surface area contributed by atoms with Gasteiger partial charge < -0.3 is 9.47 Å². The first-order chi connectivity index (χ1) is 12.3. The first-order valence-corrected chi connectivity index (χ1v) is 9.16. The van der Waals surface area contributed by atoms with Gasteiger partial charge in [-0.15, -0.1) is 0 Å². The van der Waals surface area contributed by atoms with E-state index >= 15 is 0 Å². The van der Waals surface area contributed by atoms with Crippen molar-refractivity contribution in [2.24, 2.45) is 5.41 Å². The fourth-order valence-electron chi connectivity index (χ4n) is 4.14. The molecule has 0 N–H and O–H groups in total. The van der Waals surface area contributed by atoms with Crippen LogP contribution in [0.3, 0.4) is 0 Å². The maximum atomic E-state index is 12.2. The molecule has 1 aromatic rings. The van der Waals surface area contributed by atoms with Crippen molar-refractivity contribution >= 4 is 0 Å². The second-order valence-electron chi connectivity index (χ2n) is 8.18. The maximum Gasteiger partial charge on any atom is 0.387 e. The van der Waals surface area contributed by atoms with Crippen molar-refractivity contribution in [3.8, 4) is 17.6 Å². The Morgan fingerprint density at radius 1 is 1.15 bits per heavy atom. The summed E-state index contributed by atoms with van der Waals surface area (Å²) in [6.45, 7) is 3.21. The van der Waals surface area contributed by atoms with Gasteiger partial charge in [0.25, 0.3) is 0 Å². The molecule has 6 heteroatoms. The van der Waals surface area contributed by atoms with Gasteiger partial charge in [-0.3, -0.25) is 4.90 Å². The number of nitriles is 1. The summed E-state index contributed by atoms with van der Waals surface area (Å²) in [6.07, 6.45) is 5.11. The zero-order chi connectivity index (χ0) is 18.8. The summed E-state index contributed by atoms with van der Waals surface area (Å²) >= 11 is 0. The van der Waals surface area contributed by atoms with Gasteiger partial charge in [0.15, 0.2) is 0 Å². The molecule has 0 radical (unpaired) electrons. The highest BCUT2D eigenvalue weighted by Crippen LogP contribution is 2.42. The molecule has 0 amide bonds. The summed E-state index contributed by atoms with van der Waals surface area (Å²) in [7, 11) is 0. The summed E-state index contributed by atoms with van der Waals surface area (Å²) in [6, 6.07) is 9.22. The highest BCUT2D eigenvalue weighted by atomic mass is 19.3. The Morgan fingerprint density at radius 2 is 1.73 bits per heavy atom. The van der Waals surface area contributed by atoms with Gasteiger partial charge in [0.1, 0.15) is 17.1 Å². The van der Waals surface area contributed by atoms with Gasteiger partial charge in [-0.05, 0) is 62.3 Å². The molecule has 4 nitrogen and oxygen atoms in total. The minimum Gasteiger partial charge on any atom is -0.485 e. The first-order valence-electron chi connectivity index (χ1n) is 9.16. The van der Waals surface area contributed by atoms with Crippen LogP contribution in [0.1, 0.15) is 46.0 Å². The molecular weight excluding hydrogens is 338 g/mol. The summed E-state index contributed by atoms with van der Waals surface area (Å²) in [5, 5.41) is 8.96. The fraction of sp³-hybridized carbons (Fsp3) is 0.650. The van der Waals surface area contributed by atoms with Crippen molar-refractivity contribution in [2.75, 3.05) is 13.1 Å². The lowest BCUT2D eigenvalue weighted by Gasteiger charge is -2.53. The van der Waals surface area contributed by atoms with Crippen LogP contribution in [0.4, 0.5) is 8.78 Å². The Bertz CT molecular complexity index is 643. The molecule has 1 saturated heterocycles. The van der Waals surface area contributed by atoms with Gasteiger partial charge >= 0.3 is 6.61 Å². The predicted octanol–water partition coefficient (Wildman–Crippen LogP) is 4.60. The molecule has 1 aliphatic heterocycles. The van der Waals surface area contributed by atoms with Gasteiger partial charge in [-0.2, -0.15) is 14.0 Å². The summed E-state index contributed by atoms with van der Waals surface area (Å²) in [4.78, 5) is 2.46. The van der Waals surface area contributed by atoms with Gasteiger partial charge in [0, 0.05) is 25.6 Å². The number of hydrogen-bond donors (Lipinski definition) is 0. The Kier molecular flexibility index (Phi) is 5.38. The Morgan fingerprint density at radius 3 is 2.27 bits per heavy atom. The van der Waals surface area contributed by atoms with Crippen molar-refractivity contribution in [2.45, 2.75) is 64.2 Å². The molecule has 2 fully saturated rings. The standard InChI is InChI=1S/C20H26F2N2O2/c1-19(11-12-23)9-7-15(8-10-19)24-13-20(2,14-24)26-17-5-3-16(4-6-17)25-18(21)22/h3-6,15,18H,7-11,13-14H2,1-2H3. The smallest absolute Gasteiger partial charge is 0.387 e. The number of likely N-dealkylation sites (tertiary alicyclic amines) is 1. The lowest BCUT2D eigenvalue weighted by Crippen LogP contribution is -2.66. The highest BCUT2D eigenvalue weighted by molar-refractivity contribution is 5.32. The van der Waals surface area contributed by atoms with E-state index in [9.17, 15) is 8.78 Å². The predicted molar refractivity (Wildman–Crippen MR) is 94.3 cm³/mol. The highest BCUT2D eigenvalue weighted by Gasteiger charge is 2.45. The molecule has 26 heavy (non-hydrogen) atoms. The molecule has 0 aromatic heterocycles. The molecular formula is C20H26F2N2O2. The fourth-order valence-corrected chi connectivity index (χ4v) is 4.14. The third-order valence-electron chi connectivity index (χ3n) is 5.67. The van der Waals surface area contributed by atoms with E-state index in [4.69, 9.17) is 10.00 Å². The number of rotatable bonds is 6. The number of ether oxygens (including phenoxy) is 2. The van der Waals surface area contributed by atoms with Crippen LogP contribution < -0.4 is 9.47 Å². The average Bonchev–Trinajstić information content (AvgIpc) is 2.55. The van der Waals surface area contributed by atoms with Crippen LogP contribution in [0.2, 0.25) is 0 Å². The van der Waals surface area contributed by atoms with Crippen molar-refractivity contribution in [3.05, 3.63) is 24.3 Å².